The fraction of sp³-hybridized carbons (Fsp3) is 0.462. The highest BCUT2D eigenvalue weighted by molar-refractivity contribution is 9.10. The Bertz CT molecular complexity index is 414. The number of carboxylic acid groups (broad SMARTS) is 1. The van der Waals surface area contributed by atoms with E-state index in [1.54, 1.807) is 0 Å². The van der Waals surface area contributed by atoms with Crippen LogP contribution in [0.4, 0.5) is 0 Å². The Hall–Kier alpha value is -0.870. The largest absolute Gasteiger partial charge is 0.480 e. The fourth-order valence-electron chi connectivity index (χ4n) is 2.04. The summed E-state index contributed by atoms with van der Waals surface area (Å²) in [6, 6.07) is 7.87. The van der Waals surface area contributed by atoms with Crippen molar-refractivity contribution in [2.24, 2.45) is 0 Å². The molecule has 0 radical (unpaired) electrons. The topological polar surface area (TPSA) is 49.3 Å². The van der Waals surface area contributed by atoms with Gasteiger partial charge in [-0.15, -0.1) is 0 Å². The summed E-state index contributed by atoms with van der Waals surface area (Å²) >= 11 is 3.37. The van der Waals surface area contributed by atoms with Gasteiger partial charge in [-0.25, -0.2) is 4.79 Å². The lowest BCUT2D eigenvalue weighted by Crippen LogP contribution is -2.49. The van der Waals surface area contributed by atoms with Crippen LogP contribution >= 0.6 is 15.9 Å². The Morgan fingerprint density at radius 3 is 2.47 bits per heavy atom. The van der Waals surface area contributed by atoms with E-state index in [1.807, 2.05) is 31.2 Å². The van der Waals surface area contributed by atoms with Gasteiger partial charge in [0.05, 0.1) is 0 Å². The first-order valence-corrected chi connectivity index (χ1v) is 6.65. The molecule has 1 aromatic carbocycles. The smallest absolute Gasteiger partial charge is 0.328 e. The molecule has 1 aromatic rings. The standard InChI is InChI=1S/C13H16BrNO2/c1-2-13(12(16)17,15-11-7-8-11)9-3-5-10(14)6-4-9/h3-6,11,15H,2,7-8H2,1H3,(H,16,17). The zero-order valence-corrected chi connectivity index (χ0v) is 11.3. The molecule has 17 heavy (non-hydrogen) atoms. The van der Waals surface area contributed by atoms with Crippen molar-refractivity contribution in [3.63, 3.8) is 0 Å². The SMILES string of the molecule is CCC(NC1CC1)(C(=O)O)c1ccc(Br)cc1. The third-order valence-electron chi connectivity index (χ3n) is 3.26. The van der Waals surface area contributed by atoms with Crippen LogP contribution in [0.15, 0.2) is 28.7 Å². The van der Waals surface area contributed by atoms with Gasteiger partial charge in [0.25, 0.3) is 0 Å². The first-order chi connectivity index (χ1) is 8.08. The molecule has 1 unspecified atom stereocenters. The van der Waals surface area contributed by atoms with Crippen molar-refractivity contribution in [3.05, 3.63) is 34.3 Å². The average molecular weight is 298 g/mol. The van der Waals surface area contributed by atoms with Crippen molar-refractivity contribution in [1.82, 2.24) is 5.32 Å². The van der Waals surface area contributed by atoms with E-state index in [0.717, 1.165) is 22.9 Å². The predicted molar refractivity (Wildman–Crippen MR) is 69.9 cm³/mol. The third kappa shape index (κ3) is 2.53. The Kier molecular flexibility index (Phi) is 3.54. The molecular formula is C13H16BrNO2. The van der Waals surface area contributed by atoms with E-state index >= 15 is 0 Å². The van der Waals surface area contributed by atoms with Crippen molar-refractivity contribution < 1.29 is 9.90 Å². The van der Waals surface area contributed by atoms with Gasteiger partial charge in [-0.3, -0.25) is 5.32 Å². The molecular weight excluding hydrogens is 282 g/mol. The van der Waals surface area contributed by atoms with Gasteiger partial charge in [-0.05, 0) is 37.0 Å². The highest BCUT2D eigenvalue weighted by Crippen LogP contribution is 2.32. The Balaban J connectivity index is 2.36. The number of hydrogen-bond donors (Lipinski definition) is 2. The summed E-state index contributed by atoms with van der Waals surface area (Å²) in [7, 11) is 0. The van der Waals surface area contributed by atoms with Crippen molar-refractivity contribution in [2.45, 2.75) is 37.8 Å². The van der Waals surface area contributed by atoms with Crippen molar-refractivity contribution in [2.75, 3.05) is 0 Å². The van der Waals surface area contributed by atoms with Gasteiger partial charge in [-0.1, -0.05) is 35.0 Å². The van der Waals surface area contributed by atoms with Crippen molar-refractivity contribution in [1.29, 1.82) is 0 Å². The van der Waals surface area contributed by atoms with Crippen molar-refractivity contribution >= 4 is 21.9 Å². The summed E-state index contributed by atoms with van der Waals surface area (Å²) in [6.45, 7) is 1.91. The second kappa shape index (κ2) is 4.78. The Morgan fingerprint density at radius 1 is 1.47 bits per heavy atom. The molecule has 0 amide bonds. The summed E-state index contributed by atoms with van der Waals surface area (Å²) in [5, 5.41) is 12.8. The molecule has 1 saturated carbocycles. The minimum absolute atomic E-state index is 0.356. The lowest BCUT2D eigenvalue weighted by molar-refractivity contribution is -0.145. The maximum atomic E-state index is 11.6. The maximum absolute atomic E-state index is 11.6. The van der Waals surface area contributed by atoms with Gasteiger partial charge >= 0.3 is 5.97 Å². The first kappa shape index (κ1) is 12.6. The summed E-state index contributed by atoms with van der Waals surface area (Å²) < 4.78 is 0.961. The summed E-state index contributed by atoms with van der Waals surface area (Å²) in [5.41, 5.74) is -0.121. The van der Waals surface area contributed by atoms with Crippen LogP contribution in [0.3, 0.4) is 0 Å². The molecule has 1 aliphatic carbocycles. The van der Waals surface area contributed by atoms with Crippen molar-refractivity contribution in [3.8, 4) is 0 Å². The molecule has 0 aliphatic heterocycles. The van der Waals surface area contributed by atoms with E-state index in [4.69, 9.17) is 0 Å². The Labute approximate surface area is 109 Å². The molecule has 0 bridgehead atoms. The van der Waals surface area contributed by atoms with Crippen LogP contribution in [0.2, 0.25) is 0 Å². The van der Waals surface area contributed by atoms with E-state index in [9.17, 15) is 9.90 Å². The average Bonchev–Trinajstić information content (AvgIpc) is 3.10. The van der Waals surface area contributed by atoms with Crippen LogP contribution in [0.5, 0.6) is 0 Å². The number of hydrogen-bond acceptors (Lipinski definition) is 2. The number of carboxylic acids is 1. The second-order valence-electron chi connectivity index (χ2n) is 4.49. The normalized spacial score (nSPS) is 18.7. The predicted octanol–water partition coefficient (Wildman–Crippen LogP) is 2.89. The molecule has 0 heterocycles. The maximum Gasteiger partial charge on any atom is 0.328 e. The zero-order valence-electron chi connectivity index (χ0n) is 9.74. The minimum Gasteiger partial charge on any atom is -0.480 e. The number of rotatable bonds is 5. The van der Waals surface area contributed by atoms with Gasteiger partial charge < -0.3 is 5.11 Å². The van der Waals surface area contributed by atoms with E-state index < -0.39 is 11.5 Å². The lowest BCUT2D eigenvalue weighted by atomic mass is 9.87. The second-order valence-corrected chi connectivity index (χ2v) is 5.41. The Morgan fingerprint density at radius 2 is 2.06 bits per heavy atom. The monoisotopic (exact) mass is 297 g/mol. The minimum atomic E-state index is -0.943. The van der Waals surface area contributed by atoms with E-state index in [1.165, 1.54) is 0 Å². The zero-order chi connectivity index (χ0) is 12.5. The molecule has 92 valence electrons. The highest BCUT2D eigenvalue weighted by Gasteiger charge is 2.42. The molecule has 1 fully saturated rings. The summed E-state index contributed by atoms with van der Waals surface area (Å²) in [5.74, 6) is -0.797. The summed E-state index contributed by atoms with van der Waals surface area (Å²) in [4.78, 5) is 11.6. The van der Waals surface area contributed by atoms with Gasteiger partial charge in [0.2, 0.25) is 0 Å². The quantitative estimate of drug-likeness (QED) is 0.879. The van der Waals surface area contributed by atoms with Crippen LogP contribution in [-0.2, 0) is 10.3 Å². The van der Waals surface area contributed by atoms with Crippen LogP contribution in [0.25, 0.3) is 0 Å². The third-order valence-corrected chi connectivity index (χ3v) is 3.79. The van der Waals surface area contributed by atoms with Gasteiger partial charge in [0, 0.05) is 10.5 Å². The molecule has 0 spiro atoms. The number of nitrogens with one attached hydrogen (secondary N) is 1. The van der Waals surface area contributed by atoms with E-state index in [-0.39, 0.29) is 0 Å². The van der Waals surface area contributed by atoms with Gasteiger partial charge in [0.1, 0.15) is 5.54 Å². The van der Waals surface area contributed by atoms with Crippen LogP contribution in [0.1, 0.15) is 31.7 Å². The summed E-state index contributed by atoms with van der Waals surface area (Å²) in [6.07, 6.45) is 2.69. The fourth-order valence-corrected chi connectivity index (χ4v) is 2.30. The number of benzene rings is 1. The molecule has 1 aliphatic rings. The number of halogens is 1. The molecule has 1 atom stereocenters. The molecule has 3 nitrogen and oxygen atoms in total. The molecule has 4 heteroatoms. The van der Waals surface area contributed by atoms with E-state index in [2.05, 4.69) is 21.2 Å². The van der Waals surface area contributed by atoms with E-state index in [0.29, 0.717) is 12.5 Å². The highest BCUT2D eigenvalue weighted by atomic mass is 79.9. The van der Waals surface area contributed by atoms with Gasteiger partial charge in [-0.2, -0.15) is 0 Å². The number of aliphatic carboxylic acids is 1. The molecule has 0 saturated heterocycles. The molecule has 2 N–H and O–H groups in total. The first-order valence-electron chi connectivity index (χ1n) is 5.85. The lowest BCUT2D eigenvalue weighted by Gasteiger charge is -2.30. The van der Waals surface area contributed by atoms with Crippen LogP contribution in [-0.4, -0.2) is 17.1 Å². The molecule has 0 aromatic heterocycles. The number of carbonyl (C=O) groups is 1. The molecule has 2 rings (SSSR count). The van der Waals surface area contributed by atoms with Crippen LogP contribution < -0.4 is 5.32 Å². The van der Waals surface area contributed by atoms with Gasteiger partial charge in [0.15, 0.2) is 0 Å². The van der Waals surface area contributed by atoms with Crippen LogP contribution in [0, 0.1) is 0 Å².